The molecule has 4 amide bonds. The Bertz CT molecular complexity index is 1060. The number of carbonyl (C=O) groups is 3. The van der Waals surface area contributed by atoms with Crippen molar-refractivity contribution in [1.82, 2.24) is 20.3 Å². The van der Waals surface area contributed by atoms with Gasteiger partial charge in [0, 0.05) is 62.9 Å². The molecule has 0 spiro atoms. The quantitative estimate of drug-likeness (QED) is 0.210. The molecule has 1 aromatic carbocycles. The topological polar surface area (TPSA) is 116 Å². The third-order valence-corrected chi connectivity index (χ3v) is 7.10. The molecule has 1 heterocycles. The maximum atomic E-state index is 13.1. The Labute approximate surface area is 237 Å². The lowest BCUT2D eigenvalue weighted by Crippen LogP contribution is -2.43. The molecule has 1 aromatic heterocycles. The van der Waals surface area contributed by atoms with E-state index in [0.29, 0.717) is 30.8 Å². The van der Waals surface area contributed by atoms with Gasteiger partial charge in [0.25, 0.3) is 5.91 Å². The number of nitrogens with one attached hydrogen (secondary N) is 3. The Hall–Kier alpha value is -3.66. The smallest absolute Gasteiger partial charge is 0.319 e. The highest BCUT2D eigenvalue weighted by Gasteiger charge is 2.26. The van der Waals surface area contributed by atoms with Crippen LogP contribution >= 0.6 is 0 Å². The fourth-order valence-electron chi connectivity index (χ4n) is 4.78. The van der Waals surface area contributed by atoms with Crippen molar-refractivity contribution in [3.8, 4) is 0 Å². The van der Waals surface area contributed by atoms with Crippen LogP contribution in [0.15, 0.2) is 48.8 Å². The second-order valence-corrected chi connectivity index (χ2v) is 10.2. The van der Waals surface area contributed by atoms with Crippen LogP contribution in [-0.2, 0) is 9.63 Å². The number of urea groups is 1. The first kappa shape index (κ1) is 30.9. The number of pyridine rings is 1. The number of benzene rings is 1. The second kappa shape index (κ2) is 17.1. The molecule has 1 fully saturated rings. The van der Waals surface area contributed by atoms with Gasteiger partial charge in [0.1, 0.15) is 0 Å². The standard InChI is InChI=1S/C30H44N6O4/c1-31-26-12-10-11-24(23-26)29(38)35(2)21-22-40-36(27-13-6-5-7-14-27)28(37)15-8-3-4-9-18-33-30(39)34-25-16-19-32-20-17-25/h10-12,16-17,19-20,23,27,31H,3-9,13-15,18,21-22H2,1-2H3,(H2,32,33,34,39). The fraction of sp³-hybridized carbons (Fsp3) is 0.533. The molecule has 1 saturated carbocycles. The van der Waals surface area contributed by atoms with E-state index < -0.39 is 0 Å². The molecular weight excluding hydrogens is 508 g/mol. The van der Waals surface area contributed by atoms with Crippen molar-refractivity contribution in [2.75, 3.05) is 44.4 Å². The number of aromatic nitrogens is 1. The highest BCUT2D eigenvalue weighted by atomic mass is 16.7. The fourth-order valence-corrected chi connectivity index (χ4v) is 4.78. The van der Waals surface area contributed by atoms with E-state index in [1.165, 1.54) is 6.42 Å². The third-order valence-electron chi connectivity index (χ3n) is 7.10. The summed E-state index contributed by atoms with van der Waals surface area (Å²) in [7, 11) is 3.57. The molecule has 0 atom stereocenters. The van der Waals surface area contributed by atoms with Gasteiger partial charge in [-0.25, -0.2) is 9.86 Å². The molecule has 10 heteroatoms. The lowest BCUT2D eigenvalue weighted by atomic mass is 9.95. The van der Waals surface area contributed by atoms with Crippen LogP contribution in [0.2, 0.25) is 0 Å². The van der Waals surface area contributed by atoms with Crippen LogP contribution in [0, 0.1) is 0 Å². The molecular formula is C30H44N6O4. The summed E-state index contributed by atoms with van der Waals surface area (Å²) in [5.41, 5.74) is 2.19. The van der Waals surface area contributed by atoms with Crippen LogP contribution in [0.4, 0.5) is 16.2 Å². The molecule has 0 radical (unpaired) electrons. The minimum absolute atomic E-state index is 0.0115. The second-order valence-electron chi connectivity index (χ2n) is 10.2. The lowest BCUT2D eigenvalue weighted by molar-refractivity contribution is -0.204. The van der Waals surface area contributed by atoms with Gasteiger partial charge in [0.15, 0.2) is 0 Å². The number of likely N-dealkylation sites (N-methyl/N-ethyl adjacent to an activating group) is 1. The van der Waals surface area contributed by atoms with Crippen molar-refractivity contribution in [1.29, 1.82) is 0 Å². The van der Waals surface area contributed by atoms with Crippen LogP contribution in [0.25, 0.3) is 0 Å². The normalized spacial score (nSPS) is 13.3. The molecule has 3 N–H and O–H groups in total. The zero-order chi connectivity index (χ0) is 28.6. The van der Waals surface area contributed by atoms with E-state index in [0.717, 1.165) is 57.1 Å². The minimum Gasteiger partial charge on any atom is -0.388 e. The summed E-state index contributed by atoms with van der Waals surface area (Å²) >= 11 is 0. The van der Waals surface area contributed by atoms with E-state index in [4.69, 9.17) is 4.84 Å². The van der Waals surface area contributed by atoms with Crippen molar-refractivity contribution in [3.63, 3.8) is 0 Å². The van der Waals surface area contributed by atoms with E-state index in [1.807, 2.05) is 25.2 Å². The molecule has 218 valence electrons. The van der Waals surface area contributed by atoms with Crippen LogP contribution in [0.1, 0.15) is 74.6 Å². The third kappa shape index (κ3) is 10.5. The highest BCUT2D eigenvalue weighted by Crippen LogP contribution is 2.24. The number of anilines is 2. The molecule has 40 heavy (non-hydrogen) atoms. The van der Waals surface area contributed by atoms with Crippen LogP contribution in [0.3, 0.4) is 0 Å². The SMILES string of the molecule is CNc1cccc(C(=O)N(C)CCON(C(=O)CCCCCCNC(=O)Nc2ccncc2)C2CCCCC2)c1. The number of hydrogen-bond acceptors (Lipinski definition) is 6. The van der Waals surface area contributed by atoms with Gasteiger partial charge < -0.3 is 20.9 Å². The van der Waals surface area contributed by atoms with Crippen molar-refractivity contribution in [2.45, 2.75) is 70.3 Å². The maximum Gasteiger partial charge on any atom is 0.319 e. The average molecular weight is 553 g/mol. The van der Waals surface area contributed by atoms with Gasteiger partial charge in [0.2, 0.25) is 5.91 Å². The molecule has 2 aromatic rings. The van der Waals surface area contributed by atoms with Gasteiger partial charge in [-0.3, -0.25) is 19.4 Å². The van der Waals surface area contributed by atoms with E-state index >= 15 is 0 Å². The molecule has 0 saturated heterocycles. The van der Waals surface area contributed by atoms with Gasteiger partial charge in [0.05, 0.1) is 12.6 Å². The highest BCUT2D eigenvalue weighted by molar-refractivity contribution is 5.95. The molecule has 0 bridgehead atoms. The zero-order valence-electron chi connectivity index (χ0n) is 23.9. The maximum absolute atomic E-state index is 13.1. The predicted octanol–water partition coefficient (Wildman–Crippen LogP) is 5.06. The monoisotopic (exact) mass is 552 g/mol. The van der Waals surface area contributed by atoms with E-state index in [-0.39, 0.29) is 30.5 Å². The Balaban J connectivity index is 1.36. The van der Waals surface area contributed by atoms with Crippen molar-refractivity contribution < 1.29 is 19.2 Å². The van der Waals surface area contributed by atoms with Gasteiger partial charge in [-0.2, -0.15) is 0 Å². The minimum atomic E-state index is -0.236. The summed E-state index contributed by atoms with van der Waals surface area (Å²) in [5, 5.41) is 10.3. The number of unbranched alkanes of at least 4 members (excludes halogenated alkanes) is 3. The van der Waals surface area contributed by atoms with Crippen LogP contribution in [0.5, 0.6) is 0 Å². The molecule has 0 unspecified atom stereocenters. The van der Waals surface area contributed by atoms with Gasteiger partial charge in [-0.1, -0.05) is 38.2 Å². The summed E-state index contributed by atoms with van der Waals surface area (Å²) in [6, 6.07) is 10.7. The van der Waals surface area contributed by atoms with E-state index in [9.17, 15) is 14.4 Å². The van der Waals surface area contributed by atoms with Crippen molar-refractivity contribution in [3.05, 3.63) is 54.4 Å². The Morgan fingerprint density at radius 2 is 1.73 bits per heavy atom. The first-order valence-electron chi connectivity index (χ1n) is 14.4. The molecule has 1 aliphatic carbocycles. The Morgan fingerprint density at radius 1 is 0.975 bits per heavy atom. The first-order chi connectivity index (χ1) is 19.5. The molecule has 1 aliphatic rings. The van der Waals surface area contributed by atoms with Gasteiger partial charge in [-0.15, -0.1) is 0 Å². The zero-order valence-corrected chi connectivity index (χ0v) is 23.9. The Kier molecular flexibility index (Phi) is 13.2. The predicted molar refractivity (Wildman–Crippen MR) is 157 cm³/mol. The van der Waals surface area contributed by atoms with Crippen molar-refractivity contribution >= 4 is 29.2 Å². The van der Waals surface area contributed by atoms with E-state index in [1.54, 1.807) is 47.6 Å². The number of nitrogens with zero attached hydrogens (tertiary/aromatic N) is 3. The van der Waals surface area contributed by atoms with Crippen molar-refractivity contribution in [2.24, 2.45) is 0 Å². The number of amides is 4. The largest absolute Gasteiger partial charge is 0.388 e. The average Bonchev–Trinajstić information content (AvgIpc) is 2.99. The summed E-state index contributed by atoms with van der Waals surface area (Å²) in [4.78, 5) is 49.5. The van der Waals surface area contributed by atoms with Crippen LogP contribution < -0.4 is 16.0 Å². The molecule has 0 aliphatic heterocycles. The Morgan fingerprint density at radius 3 is 2.48 bits per heavy atom. The number of hydroxylamine groups is 2. The molecule has 3 rings (SSSR count). The summed E-state index contributed by atoms with van der Waals surface area (Å²) in [6.07, 6.45) is 12.4. The number of carbonyl (C=O) groups excluding carboxylic acids is 3. The lowest BCUT2D eigenvalue weighted by Gasteiger charge is -2.33. The summed E-state index contributed by atoms with van der Waals surface area (Å²) in [5.74, 6) is -0.0713. The molecule has 10 nitrogen and oxygen atoms in total. The van der Waals surface area contributed by atoms with Gasteiger partial charge >= 0.3 is 6.03 Å². The summed E-state index contributed by atoms with van der Waals surface area (Å²) < 4.78 is 0. The van der Waals surface area contributed by atoms with E-state index in [2.05, 4.69) is 20.9 Å². The first-order valence-corrected chi connectivity index (χ1v) is 14.4. The van der Waals surface area contributed by atoms with Gasteiger partial charge in [-0.05, 0) is 56.0 Å². The summed E-state index contributed by atoms with van der Waals surface area (Å²) in [6.45, 7) is 1.23. The number of hydrogen-bond donors (Lipinski definition) is 3. The number of rotatable bonds is 15. The van der Waals surface area contributed by atoms with Crippen LogP contribution in [-0.4, -0.2) is 72.6 Å².